The second-order valence-corrected chi connectivity index (χ2v) is 10.8. The van der Waals surface area contributed by atoms with E-state index in [1.807, 2.05) is 42.5 Å². The molecule has 0 unspecified atom stereocenters. The van der Waals surface area contributed by atoms with E-state index in [-0.39, 0.29) is 22.8 Å². The van der Waals surface area contributed by atoms with E-state index in [2.05, 4.69) is 55.8 Å². The van der Waals surface area contributed by atoms with E-state index in [1.165, 1.54) is 10.9 Å². The predicted octanol–water partition coefficient (Wildman–Crippen LogP) is 2.02. The summed E-state index contributed by atoms with van der Waals surface area (Å²) >= 11 is 0. The molecule has 0 saturated carbocycles. The predicted molar refractivity (Wildman–Crippen MR) is 105 cm³/mol. The number of hydrogen-bond donors (Lipinski definition) is 0. The first-order chi connectivity index (χ1) is 11.6. The quantitative estimate of drug-likeness (QED) is 0.462. The Hall–Kier alpha value is -1.76. The highest BCUT2D eigenvalue weighted by molar-refractivity contribution is 7.80. The Labute approximate surface area is 161 Å². The summed E-state index contributed by atoms with van der Waals surface area (Å²) in [4.78, 5) is 12.5. The number of carbonyl (C=O) groups is 1. The number of benzene rings is 3. The Morgan fingerprint density at radius 1 is 0.720 bits per heavy atom. The van der Waals surface area contributed by atoms with Gasteiger partial charge in [0.25, 0.3) is 0 Å². The third-order valence-corrected chi connectivity index (χ3v) is 7.14. The molecule has 0 aliphatic heterocycles. The summed E-state index contributed by atoms with van der Waals surface area (Å²) in [5.41, 5.74) is 2.78. The van der Waals surface area contributed by atoms with Crippen molar-refractivity contribution in [2.45, 2.75) is 6.16 Å². The molecule has 0 amide bonds. The first kappa shape index (κ1) is 19.6. The van der Waals surface area contributed by atoms with Crippen LogP contribution in [0.2, 0.25) is 0 Å². The van der Waals surface area contributed by atoms with E-state index in [9.17, 15) is 4.79 Å². The number of hydrogen-bond acceptors (Lipinski definition) is 1. The van der Waals surface area contributed by atoms with Gasteiger partial charge in [0.2, 0.25) is 0 Å². The van der Waals surface area contributed by atoms with Gasteiger partial charge in [0.15, 0.2) is 5.78 Å². The van der Waals surface area contributed by atoms with Gasteiger partial charge in [-0.1, -0.05) is 72.8 Å². The summed E-state index contributed by atoms with van der Waals surface area (Å²) < 4.78 is 0. The van der Waals surface area contributed by atoms with Gasteiger partial charge in [-0.2, -0.15) is 0 Å². The van der Waals surface area contributed by atoms with Crippen LogP contribution >= 0.6 is 7.26 Å². The average molecular weight is 413 g/mol. The molecule has 3 heteroatoms. The van der Waals surface area contributed by atoms with Crippen molar-refractivity contribution in [1.29, 1.82) is 0 Å². The maximum Gasteiger partial charge on any atom is 0.193 e. The lowest BCUT2D eigenvalue weighted by atomic mass is 10.0. The fourth-order valence-electron chi connectivity index (χ4n) is 2.90. The van der Waals surface area contributed by atoms with Gasteiger partial charge in [-0.3, -0.25) is 4.79 Å². The van der Waals surface area contributed by atoms with Gasteiger partial charge in [0.1, 0.15) is 0 Å². The molecule has 0 aliphatic carbocycles. The largest absolute Gasteiger partial charge is 1.00 e. The lowest BCUT2D eigenvalue weighted by Crippen LogP contribution is -3.00. The van der Waals surface area contributed by atoms with Crippen molar-refractivity contribution in [2.75, 3.05) is 13.3 Å². The van der Waals surface area contributed by atoms with Gasteiger partial charge in [0, 0.05) is 18.4 Å². The van der Waals surface area contributed by atoms with Crippen molar-refractivity contribution in [2.24, 2.45) is 0 Å². The second-order valence-electron chi connectivity index (χ2n) is 6.57. The first-order valence-electron chi connectivity index (χ1n) is 8.13. The van der Waals surface area contributed by atoms with Crippen LogP contribution < -0.4 is 22.3 Å². The van der Waals surface area contributed by atoms with Gasteiger partial charge in [-0.25, -0.2) is 0 Å². The first-order valence-corrected chi connectivity index (χ1v) is 11.0. The molecule has 0 heterocycles. The molecule has 3 aromatic rings. The summed E-state index contributed by atoms with van der Waals surface area (Å²) in [6.07, 6.45) is 1.05. The van der Waals surface area contributed by atoms with Gasteiger partial charge < -0.3 is 17.0 Å². The van der Waals surface area contributed by atoms with Crippen LogP contribution in [0.3, 0.4) is 0 Å². The molecule has 0 aromatic heterocycles. The van der Waals surface area contributed by atoms with E-state index in [4.69, 9.17) is 0 Å². The molecule has 0 aliphatic rings. The van der Waals surface area contributed by atoms with Crippen molar-refractivity contribution in [3.63, 3.8) is 0 Å². The van der Waals surface area contributed by atoms with Crippen LogP contribution in [0.4, 0.5) is 0 Å². The molecule has 0 saturated heterocycles. The summed E-state index contributed by atoms with van der Waals surface area (Å²) in [5.74, 6) is 0.0827. The van der Waals surface area contributed by atoms with Crippen molar-refractivity contribution in [3.05, 3.63) is 102 Å². The Morgan fingerprint density at radius 3 is 1.76 bits per heavy atom. The van der Waals surface area contributed by atoms with E-state index in [0.717, 1.165) is 17.3 Å². The van der Waals surface area contributed by atoms with Crippen molar-refractivity contribution < 1.29 is 21.8 Å². The van der Waals surface area contributed by atoms with Crippen molar-refractivity contribution in [3.8, 4) is 0 Å². The topological polar surface area (TPSA) is 17.1 Å². The summed E-state index contributed by atoms with van der Waals surface area (Å²) in [5, 5.41) is 1.44. The third kappa shape index (κ3) is 4.87. The lowest BCUT2D eigenvalue weighted by molar-refractivity contribution is -0.0000122. The molecular weight excluding hydrogens is 391 g/mol. The van der Waals surface area contributed by atoms with Crippen molar-refractivity contribution >= 4 is 18.4 Å². The lowest BCUT2D eigenvalue weighted by Gasteiger charge is -2.18. The molecule has 25 heavy (non-hydrogen) atoms. The van der Waals surface area contributed by atoms with Gasteiger partial charge in [0.05, 0.1) is 24.8 Å². The van der Waals surface area contributed by atoms with Crippen molar-refractivity contribution in [1.82, 2.24) is 0 Å². The van der Waals surface area contributed by atoms with Gasteiger partial charge in [-0.05, 0) is 17.7 Å². The van der Waals surface area contributed by atoms with Gasteiger partial charge in [-0.15, -0.1) is 0 Å². The minimum absolute atomic E-state index is 0. The Kier molecular flexibility index (Phi) is 6.70. The summed E-state index contributed by atoms with van der Waals surface area (Å²) in [7, 11) is -1.20. The molecule has 128 valence electrons. The third-order valence-electron chi connectivity index (χ3n) is 4.29. The van der Waals surface area contributed by atoms with Crippen LogP contribution in [0.5, 0.6) is 0 Å². The van der Waals surface area contributed by atoms with E-state index in [1.54, 1.807) is 0 Å². The highest BCUT2D eigenvalue weighted by Gasteiger charge is 2.28. The highest BCUT2D eigenvalue weighted by Crippen LogP contribution is 2.52. The van der Waals surface area contributed by atoms with E-state index < -0.39 is 7.26 Å². The minimum atomic E-state index is -1.20. The monoisotopic (exact) mass is 412 g/mol. The fraction of sp³-hybridized carbons (Fsp3) is 0.136. The highest BCUT2D eigenvalue weighted by atomic mass is 79.9. The number of rotatable bonds is 5. The molecule has 0 N–H and O–H groups in total. The summed E-state index contributed by atoms with van der Waals surface area (Å²) in [6.45, 7) is 4.73. The maximum absolute atomic E-state index is 12.5. The smallest absolute Gasteiger partial charge is 0.193 e. The van der Waals surface area contributed by atoms with Crippen LogP contribution in [0.25, 0.3) is 0 Å². The molecule has 0 atom stereocenters. The van der Waals surface area contributed by atoms with Crippen LogP contribution in [0.1, 0.15) is 21.5 Å². The molecule has 0 radical (unpaired) electrons. The van der Waals surface area contributed by atoms with E-state index >= 15 is 0 Å². The van der Waals surface area contributed by atoms with E-state index in [0.29, 0.717) is 0 Å². The van der Waals surface area contributed by atoms with Crippen LogP contribution in [0, 0.1) is 0 Å². The molecule has 3 aromatic carbocycles. The van der Waals surface area contributed by atoms with Crippen LogP contribution in [-0.4, -0.2) is 19.1 Å². The molecular formula is C22H22BrOP. The zero-order valence-electron chi connectivity index (χ0n) is 14.5. The SMILES string of the molecule is C[P+](C)(Cc1ccc(C(=O)c2ccccc2)cc1)c1ccccc1.[Br-]. The number of carbonyl (C=O) groups excluding carboxylic acids is 1. The Bertz CT molecular complexity index is 812. The molecule has 0 fully saturated rings. The minimum Gasteiger partial charge on any atom is -1.00 e. The summed E-state index contributed by atoms with van der Waals surface area (Å²) in [6, 6.07) is 28.3. The molecule has 3 rings (SSSR count). The fourth-order valence-corrected chi connectivity index (χ4v) is 5.18. The zero-order chi connectivity index (χ0) is 17.0. The maximum atomic E-state index is 12.5. The molecule has 1 nitrogen and oxygen atoms in total. The van der Waals surface area contributed by atoms with Gasteiger partial charge >= 0.3 is 0 Å². The molecule has 0 bridgehead atoms. The number of halogens is 1. The standard InChI is InChI=1S/C22H22OP.BrH/c1-24(2,21-11-7-4-8-12-21)17-18-13-15-20(16-14-18)22(23)19-9-5-3-6-10-19;/h3-16H,17H2,1-2H3;1H/q+1;/p-1. The Morgan fingerprint density at radius 2 is 1.20 bits per heavy atom. The number of ketones is 1. The van der Waals surface area contributed by atoms with Crippen LogP contribution in [-0.2, 0) is 6.16 Å². The second kappa shape index (κ2) is 8.56. The Balaban J connectivity index is 0.00000225. The zero-order valence-corrected chi connectivity index (χ0v) is 17.0. The molecule has 0 spiro atoms. The van der Waals surface area contributed by atoms with Crippen LogP contribution in [0.15, 0.2) is 84.9 Å². The normalized spacial score (nSPS) is 10.8. The average Bonchev–Trinajstić information content (AvgIpc) is 2.63.